The minimum absolute atomic E-state index is 0.0654. The number of hydrogen-bond donors (Lipinski definition) is 7. The molecule has 0 spiro atoms. The van der Waals surface area contributed by atoms with Gasteiger partial charge in [0.2, 0.25) is 5.60 Å². The summed E-state index contributed by atoms with van der Waals surface area (Å²) >= 11 is 0.966. The predicted molar refractivity (Wildman–Crippen MR) is 147 cm³/mol. The Kier molecular flexibility index (Phi) is 7.93. The summed E-state index contributed by atoms with van der Waals surface area (Å²) in [4.78, 5) is 49.4. The van der Waals surface area contributed by atoms with Gasteiger partial charge in [-0.05, 0) is 6.54 Å². The van der Waals surface area contributed by atoms with Gasteiger partial charge in [0.1, 0.15) is 23.5 Å². The number of carbonyl (C=O) groups excluding carboxylic acids is 2. The Bertz CT molecular complexity index is 1580. The Hall–Kier alpha value is -4.41. The number of likely N-dealkylation sites (tertiary alicyclic amines) is 1. The summed E-state index contributed by atoms with van der Waals surface area (Å²) in [6, 6.07) is -2.82. The van der Waals surface area contributed by atoms with Crippen molar-refractivity contribution in [1.82, 2.24) is 39.8 Å². The van der Waals surface area contributed by atoms with E-state index in [0.717, 1.165) is 16.1 Å². The number of aromatic nitrogens is 4. The Balaban J connectivity index is 1.28. The number of rotatable bonds is 12. The van der Waals surface area contributed by atoms with Crippen LogP contribution < -0.4 is 22.1 Å². The van der Waals surface area contributed by atoms with Gasteiger partial charge in [-0.25, -0.2) is 14.1 Å². The third-order valence-corrected chi connectivity index (χ3v) is 8.69. The van der Waals surface area contributed by atoms with Crippen LogP contribution in [-0.4, -0.2) is 114 Å². The molecule has 2 aromatic heterocycles. The van der Waals surface area contributed by atoms with Crippen molar-refractivity contribution < 1.29 is 37.3 Å². The van der Waals surface area contributed by atoms with E-state index >= 15 is 0 Å². The predicted octanol–water partition coefficient (Wildman–Crippen LogP) is -3.23. The van der Waals surface area contributed by atoms with E-state index in [1.807, 2.05) is 0 Å². The molecular weight excluding hydrogens is 612 g/mol. The average Bonchev–Trinajstić information content (AvgIpc) is 3.38. The first kappa shape index (κ1) is 30.1. The van der Waals surface area contributed by atoms with Crippen molar-refractivity contribution in [3.63, 3.8) is 0 Å². The maximum Gasteiger partial charge on any atom is 0.362 e. The average molecular weight is 641 g/mol. The number of guanidine groups is 1. The van der Waals surface area contributed by atoms with E-state index in [0.29, 0.717) is 31.2 Å². The van der Waals surface area contributed by atoms with Crippen LogP contribution >= 0.6 is 11.3 Å². The third-order valence-electron chi connectivity index (χ3n) is 7.07. The van der Waals surface area contributed by atoms with Gasteiger partial charge in [0.05, 0.1) is 19.3 Å². The summed E-state index contributed by atoms with van der Waals surface area (Å²) in [5, 5.41) is 36.1. The van der Waals surface area contributed by atoms with Gasteiger partial charge in [0, 0.05) is 37.2 Å². The molecule has 4 heterocycles. The molecule has 9 N–H and O–H groups in total. The Labute approximate surface area is 247 Å². The number of carboxylic acid groups (broad SMARTS) is 1. The molecule has 1 aliphatic carbocycles. The smallest absolute Gasteiger partial charge is 0.362 e. The van der Waals surface area contributed by atoms with Gasteiger partial charge in [0.25, 0.3) is 11.8 Å². The first-order valence-electron chi connectivity index (χ1n) is 12.8. The molecule has 3 fully saturated rings. The number of nitrogens with zero attached hydrogens (tertiary/aromatic N) is 7. The van der Waals surface area contributed by atoms with Crippen LogP contribution in [0.3, 0.4) is 0 Å². The fourth-order valence-corrected chi connectivity index (χ4v) is 5.82. The van der Waals surface area contributed by atoms with Gasteiger partial charge in [-0.2, -0.15) is 23.4 Å². The number of β-lactam (4-membered cyclic amide) rings is 1. The van der Waals surface area contributed by atoms with Crippen LogP contribution in [-0.2, 0) is 42.6 Å². The van der Waals surface area contributed by atoms with E-state index in [4.69, 9.17) is 21.7 Å². The molecule has 3 aliphatic rings. The van der Waals surface area contributed by atoms with Crippen molar-refractivity contribution in [2.45, 2.75) is 43.6 Å². The highest BCUT2D eigenvalue weighted by Crippen LogP contribution is 2.40. The van der Waals surface area contributed by atoms with E-state index in [-0.39, 0.29) is 47.0 Å². The van der Waals surface area contributed by atoms with Crippen LogP contribution in [0.2, 0.25) is 0 Å². The van der Waals surface area contributed by atoms with Crippen LogP contribution in [0.4, 0.5) is 5.13 Å². The molecule has 1 saturated carbocycles. The van der Waals surface area contributed by atoms with Gasteiger partial charge >= 0.3 is 16.3 Å². The second-order valence-corrected chi connectivity index (χ2v) is 12.3. The number of nitrogens with two attached hydrogens (primary N) is 2. The maximum absolute atomic E-state index is 13.2. The standard InChI is InChI=1S/C21H28N12O8S2/c22-3-10-6-31(7-10)19(23)25-4-11-5-26-32(29-11)8-13-15(17(35)33(13)43(38,39)40)28-16(34)14(12-9-42-20(24)27-12)30-41-21(1-2-21)18(36)37/h5,9-10,13,15H,1-4,6-8,22H2,(H2,23,25)(H2,24,27)(H,28,34)(H,36,37)(H,38,39,40)/b30-14-. The highest BCUT2D eigenvalue weighted by Gasteiger charge is 2.56. The normalized spacial score (nSPS) is 21.5. The van der Waals surface area contributed by atoms with Crippen LogP contribution in [0.1, 0.15) is 24.2 Å². The number of nitrogen functional groups attached to an aromatic ring is 1. The Morgan fingerprint density at radius 3 is 2.63 bits per heavy atom. The fraction of sp³-hybridized carbons (Fsp3) is 0.524. The lowest BCUT2D eigenvalue weighted by atomic mass is 9.98. The summed E-state index contributed by atoms with van der Waals surface area (Å²) < 4.78 is 33.7. The number of carboxylic acids is 1. The van der Waals surface area contributed by atoms with Gasteiger partial charge in [-0.1, -0.05) is 5.16 Å². The molecule has 5 rings (SSSR count). The largest absolute Gasteiger partial charge is 0.478 e. The summed E-state index contributed by atoms with van der Waals surface area (Å²) in [7, 11) is -5.02. The molecule has 2 amide bonds. The molecule has 0 aromatic carbocycles. The summed E-state index contributed by atoms with van der Waals surface area (Å²) in [5.41, 5.74) is 9.51. The van der Waals surface area contributed by atoms with Crippen LogP contribution in [0.5, 0.6) is 0 Å². The van der Waals surface area contributed by atoms with Gasteiger partial charge < -0.3 is 36.9 Å². The van der Waals surface area contributed by atoms with E-state index in [1.165, 1.54) is 11.6 Å². The van der Waals surface area contributed by atoms with Crippen LogP contribution in [0, 0.1) is 11.3 Å². The molecule has 2 saturated heterocycles. The van der Waals surface area contributed by atoms with Gasteiger partial charge in [-0.15, -0.1) is 11.3 Å². The molecule has 2 aromatic rings. The number of oxime groups is 1. The lowest BCUT2D eigenvalue weighted by molar-refractivity contribution is -0.153. The Morgan fingerprint density at radius 1 is 1.33 bits per heavy atom. The Morgan fingerprint density at radius 2 is 2.05 bits per heavy atom. The fourth-order valence-electron chi connectivity index (χ4n) is 4.40. The number of thiazole rings is 1. The quantitative estimate of drug-likeness (QED) is 0.0394. The second-order valence-electron chi connectivity index (χ2n) is 10.1. The second kappa shape index (κ2) is 11.3. The topological polar surface area (TPSA) is 297 Å². The van der Waals surface area contributed by atoms with Gasteiger partial charge in [0.15, 0.2) is 16.8 Å². The molecular formula is C21H28N12O8S2. The maximum atomic E-state index is 13.2. The van der Waals surface area contributed by atoms with E-state index in [2.05, 4.69) is 31.0 Å². The van der Waals surface area contributed by atoms with Crippen molar-refractivity contribution in [3.05, 3.63) is 23.0 Å². The molecule has 0 bridgehead atoms. The van der Waals surface area contributed by atoms with Crippen LogP contribution in [0.25, 0.3) is 0 Å². The number of carbonyl (C=O) groups is 3. The minimum atomic E-state index is -5.02. The number of hydrogen-bond acceptors (Lipinski definition) is 14. The number of anilines is 1. The minimum Gasteiger partial charge on any atom is -0.478 e. The van der Waals surface area contributed by atoms with Crippen molar-refractivity contribution in [3.8, 4) is 0 Å². The first-order valence-corrected chi connectivity index (χ1v) is 15.1. The molecule has 0 radical (unpaired) electrons. The monoisotopic (exact) mass is 640 g/mol. The molecule has 20 nitrogen and oxygen atoms in total. The van der Waals surface area contributed by atoms with Crippen molar-refractivity contribution in [2.75, 3.05) is 25.4 Å². The molecule has 2 aliphatic heterocycles. The highest BCUT2D eigenvalue weighted by molar-refractivity contribution is 7.84. The van der Waals surface area contributed by atoms with Crippen molar-refractivity contribution in [1.29, 1.82) is 5.41 Å². The molecule has 232 valence electrons. The van der Waals surface area contributed by atoms with Gasteiger partial charge in [-0.3, -0.25) is 19.6 Å². The van der Waals surface area contributed by atoms with Crippen molar-refractivity contribution in [2.24, 2.45) is 16.8 Å². The zero-order valence-electron chi connectivity index (χ0n) is 22.3. The highest BCUT2D eigenvalue weighted by atomic mass is 32.2. The van der Waals surface area contributed by atoms with E-state index in [9.17, 15) is 32.5 Å². The lowest BCUT2D eigenvalue weighted by Crippen LogP contribution is -2.73. The number of aliphatic carboxylic acids is 1. The number of nitrogens with one attached hydrogen (secondary N) is 3. The van der Waals surface area contributed by atoms with E-state index in [1.54, 1.807) is 4.90 Å². The van der Waals surface area contributed by atoms with Crippen molar-refractivity contribution >= 4 is 56.2 Å². The molecule has 2 atom stereocenters. The molecule has 43 heavy (non-hydrogen) atoms. The number of amides is 2. The van der Waals surface area contributed by atoms with E-state index < -0.39 is 51.5 Å². The lowest BCUT2D eigenvalue weighted by Gasteiger charge is -2.43. The summed E-state index contributed by atoms with van der Waals surface area (Å²) in [5.74, 6) is -2.93. The third kappa shape index (κ3) is 6.21. The first-order chi connectivity index (χ1) is 20.3. The summed E-state index contributed by atoms with van der Waals surface area (Å²) in [6.45, 7) is 1.64. The van der Waals surface area contributed by atoms with Crippen LogP contribution in [0.15, 0.2) is 16.7 Å². The molecule has 22 heteroatoms. The summed E-state index contributed by atoms with van der Waals surface area (Å²) in [6.07, 6.45) is 1.69. The zero-order chi connectivity index (χ0) is 31.1. The zero-order valence-corrected chi connectivity index (χ0v) is 23.9. The molecule has 2 unspecified atom stereocenters. The SMILES string of the molecule is N=C(NCc1cnn(CC2C(NC(=O)/C(=N\OC3(C(=O)O)CC3)c3csc(N)n3)C(=O)N2S(=O)(=O)O)n1)N1CC(CN)C1.